The number of nitrogens with two attached hydrogens (primary N) is 1. The molecule has 0 aliphatic heterocycles. The van der Waals surface area contributed by atoms with Crippen LogP contribution in [0.2, 0.25) is 0 Å². The average Bonchev–Trinajstić information content (AvgIpc) is 1.95. The fourth-order valence-corrected chi connectivity index (χ4v) is 3.43. The van der Waals surface area contributed by atoms with Crippen molar-refractivity contribution in [1.82, 2.24) is 0 Å². The van der Waals surface area contributed by atoms with E-state index in [0.29, 0.717) is 10.0 Å². The molecule has 72 valence electrons. The highest BCUT2D eigenvalue weighted by Gasteiger charge is 2.17. The second kappa shape index (κ2) is 3.68. The van der Waals surface area contributed by atoms with E-state index < -0.39 is 10.0 Å². The van der Waals surface area contributed by atoms with Crippen molar-refractivity contribution in [3.05, 3.63) is 26.6 Å². The number of rotatable bonds is 1. The third-order valence-corrected chi connectivity index (χ3v) is 4.45. The second-order valence-corrected chi connectivity index (χ2v) is 5.74. The molecule has 0 atom stereocenters. The third-order valence-electron chi connectivity index (χ3n) is 1.58. The Hall–Kier alpha value is 0.0900. The van der Waals surface area contributed by atoms with E-state index >= 15 is 0 Å². The van der Waals surface area contributed by atoms with Gasteiger partial charge in [-0.1, -0.05) is 15.9 Å². The first kappa shape index (κ1) is 11.2. The molecule has 1 rings (SSSR count). The summed E-state index contributed by atoms with van der Waals surface area (Å²) in [5.41, 5.74) is 0.608. The van der Waals surface area contributed by atoms with Crippen molar-refractivity contribution in [2.24, 2.45) is 5.14 Å². The predicted molar refractivity (Wildman–Crippen MR) is 58.0 cm³/mol. The summed E-state index contributed by atoms with van der Waals surface area (Å²) < 4.78 is 23.5. The maximum atomic E-state index is 11.2. The van der Waals surface area contributed by atoms with E-state index in [0.717, 1.165) is 4.47 Å². The standard InChI is InChI=1S/C7H7Br2NO2S/c1-4-5(8)2-3-6(9)7(4)13(10,11)12/h2-3H,1H3,(H2,10,11,12). The number of hydrogen-bond donors (Lipinski definition) is 1. The lowest BCUT2D eigenvalue weighted by Gasteiger charge is -2.07. The van der Waals surface area contributed by atoms with Crippen molar-refractivity contribution in [1.29, 1.82) is 0 Å². The van der Waals surface area contributed by atoms with Gasteiger partial charge in [0.25, 0.3) is 0 Å². The van der Waals surface area contributed by atoms with Crippen molar-refractivity contribution < 1.29 is 8.42 Å². The molecule has 1 aromatic carbocycles. The minimum Gasteiger partial charge on any atom is -0.225 e. The van der Waals surface area contributed by atoms with Gasteiger partial charge >= 0.3 is 0 Å². The van der Waals surface area contributed by atoms with Gasteiger partial charge in [0.2, 0.25) is 10.0 Å². The Kier molecular flexibility index (Phi) is 3.16. The molecule has 0 unspecified atom stereocenters. The molecule has 0 bridgehead atoms. The van der Waals surface area contributed by atoms with E-state index in [9.17, 15) is 8.42 Å². The van der Waals surface area contributed by atoms with Crippen LogP contribution in [-0.4, -0.2) is 8.42 Å². The molecule has 1 aromatic rings. The number of primary sulfonamides is 1. The molecule has 0 heterocycles. The molecule has 0 saturated heterocycles. The van der Waals surface area contributed by atoms with Crippen LogP contribution in [0.15, 0.2) is 26.0 Å². The Morgan fingerprint density at radius 3 is 2.08 bits per heavy atom. The lowest BCUT2D eigenvalue weighted by atomic mass is 10.2. The maximum absolute atomic E-state index is 11.2. The van der Waals surface area contributed by atoms with E-state index in [1.54, 1.807) is 19.1 Å². The summed E-state index contributed by atoms with van der Waals surface area (Å²) in [5, 5.41) is 5.05. The zero-order valence-electron chi connectivity index (χ0n) is 6.71. The number of sulfonamides is 1. The highest BCUT2D eigenvalue weighted by atomic mass is 79.9. The lowest BCUT2D eigenvalue weighted by Crippen LogP contribution is -2.14. The van der Waals surface area contributed by atoms with Gasteiger partial charge in [-0.2, -0.15) is 0 Å². The highest BCUT2D eigenvalue weighted by molar-refractivity contribution is 9.11. The molecule has 0 fully saturated rings. The molecule has 0 aromatic heterocycles. The van der Waals surface area contributed by atoms with Gasteiger partial charge in [0.15, 0.2) is 0 Å². The van der Waals surface area contributed by atoms with Crippen molar-refractivity contribution >= 4 is 41.9 Å². The van der Waals surface area contributed by atoms with Crippen molar-refractivity contribution in [3.63, 3.8) is 0 Å². The molecule has 3 nitrogen and oxygen atoms in total. The van der Waals surface area contributed by atoms with Crippen LogP contribution in [0.25, 0.3) is 0 Å². The van der Waals surface area contributed by atoms with Crippen LogP contribution in [0.4, 0.5) is 0 Å². The number of benzene rings is 1. The van der Waals surface area contributed by atoms with E-state index in [4.69, 9.17) is 5.14 Å². The van der Waals surface area contributed by atoms with Gasteiger partial charge in [-0.05, 0) is 40.5 Å². The summed E-state index contributed by atoms with van der Waals surface area (Å²) >= 11 is 6.37. The number of halogens is 2. The SMILES string of the molecule is Cc1c(Br)ccc(Br)c1S(N)(=O)=O. The van der Waals surface area contributed by atoms with Crippen LogP contribution in [0, 0.1) is 6.92 Å². The first-order valence-electron chi connectivity index (χ1n) is 3.31. The average molecular weight is 329 g/mol. The quantitative estimate of drug-likeness (QED) is 0.858. The van der Waals surface area contributed by atoms with Gasteiger partial charge in [-0.25, -0.2) is 13.6 Å². The molecule has 0 saturated carbocycles. The maximum Gasteiger partial charge on any atom is 0.239 e. The summed E-state index contributed by atoms with van der Waals surface area (Å²) in [6.45, 7) is 1.69. The summed E-state index contributed by atoms with van der Waals surface area (Å²) in [6.07, 6.45) is 0. The summed E-state index contributed by atoms with van der Waals surface area (Å²) in [6, 6.07) is 3.39. The van der Waals surface area contributed by atoms with Crippen molar-refractivity contribution in [2.75, 3.05) is 0 Å². The van der Waals surface area contributed by atoms with Crippen LogP contribution in [0.5, 0.6) is 0 Å². The minimum atomic E-state index is -3.66. The molecule has 0 radical (unpaired) electrons. The first-order valence-corrected chi connectivity index (χ1v) is 6.44. The molecule has 0 aliphatic carbocycles. The molecule has 6 heteroatoms. The van der Waals surface area contributed by atoms with Crippen molar-refractivity contribution in [3.8, 4) is 0 Å². The van der Waals surface area contributed by atoms with Crippen LogP contribution in [0.3, 0.4) is 0 Å². The Morgan fingerprint density at radius 2 is 1.69 bits per heavy atom. The Bertz CT molecular complexity index is 442. The first-order chi connectivity index (χ1) is 5.84. The predicted octanol–water partition coefficient (Wildman–Crippen LogP) is 2.17. The number of hydrogen-bond acceptors (Lipinski definition) is 2. The molecule has 0 aliphatic rings. The van der Waals surface area contributed by atoms with Crippen LogP contribution in [0.1, 0.15) is 5.56 Å². The monoisotopic (exact) mass is 327 g/mol. The van der Waals surface area contributed by atoms with Crippen LogP contribution >= 0.6 is 31.9 Å². The molecule has 13 heavy (non-hydrogen) atoms. The van der Waals surface area contributed by atoms with Gasteiger partial charge in [0.1, 0.15) is 0 Å². The molecular formula is C7H7Br2NO2S. The van der Waals surface area contributed by atoms with Gasteiger partial charge in [-0.3, -0.25) is 0 Å². The van der Waals surface area contributed by atoms with Crippen molar-refractivity contribution in [2.45, 2.75) is 11.8 Å². The fourth-order valence-electron chi connectivity index (χ4n) is 0.984. The molecular weight excluding hydrogens is 322 g/mol. The van der Waals surface area contributed by atoms with Gasteiger partial charge in [0.05, 0.1) is 4.90 Å². The van der Waals surface area contributed by atoms with E-state index in [1.807, 2.05) is 0 Å². The smallest absolute Gasteiger partial charge is 0.225 e. The van der Waals surface area contributed by atoms with E-state index in [1.165, 1.54) is 0 Å². The molecule has 0 spiro atoms. The van der Waals surface area contributed by atoms with Gasteiger partial charge in [-0.15, -0.1) is 0 Å². The normalized spacial score (nSPS) is 11.7. The lowest BCUT2D eigenvalue weighted by molar-refractivity contribution is 0.596. The van der Waals surface area contributed by atoms with E-state index in [2.05, 4.69) is 31.9 Å². The second-order valence-electron chi connectivity index (χ2n) is 2.53. The minimum absolute atomic E-state index is 0.127. The molecule has 2 N–H and O–H groups in total. The van der Waals surface area contributed by atoms with Crippen LogP contribution < -0.4 is 5.14 Å². The van der Waals surface area contributed by atoms with E-state index in [-0.39, 0.29) is 4.90 Å². The Balaban J connectivity index is 3.62. The third kappa shape index (κ3) is 2.31. The highest BCUT2D eigenvalue weighted by Crippen LogP contribution is 2.29. The van der Waals surface area contributed by atoms with Crippen LogP contribution in [-0.2, 0) is 10.0 Å². The summed E-state index contributed by atoms with van der Waals surface area (Å²) in [5.74, 6) is 0. The summed E-state index contributed by atoms with van der Waals surface area (Å²) in [4.78, 5) is 0.127. The largest absolute Gasteiger partial charge is 0.239 e. The zero-order valence-corrected chi connectivity index (χ0v) is 10.7. The topological polar surface area (TPSA) is 60.2 Å². The summed E-state index contributed by atoms with van der Waals surface area (Å²) in [7, 11) is -3.66. The molecule has 0 amide bonds. The zero-order chi connectivity index (χ0) is 10.2. The fraction of sp³-hybridized carbons (Fsp3) is 0.143. The Morgan fingerprint density at radius 1 is 1.23 bits per heavy atom. The Labute approximate surface area is 93.6 Å². The van der Waals surface area contributed by atoms with Gasteiger partial charge in [0, 0.05) is 8.95 Å². The van der Waals surface area contributed by atoms with Gasteiger partial charge < -0.3 is 0 Å².